The Hall–Kier alpha value is -5.91. The van der Waals surface area contributed by atoms with Gasteiger partial charge in [0.15, 0.2) is 5.58 Å². The number of nitrogens with zero attached hydrogens (tertiary/aromatic N) is 2. The molecule has 0 spiro atoms. The maximum absolute atomic E-state index is 6.40. The van der Waals surface area contributed by atoms with Crippen LogP contribution in [0, 0.1) is 0 Å². The number of fused-ring (bicyclic) bond motifs is 8. The number of furan rings is 1. The van der Waals surface area contributed by atoms with Gasteiger partial charge in [0, 0.05) is 53.6 Å². The minimum absolute atomic E-state index is 0.584. The second-order valence-corrected chi connectivity index (χ2v) is 12.7. The molecule has 0 unspecified atom stereocenters. The molecule has 0 N–H and O–H groups in total. The van der Waals surface area contributed by atoms with Gasteiger partial charge in [-0.2, -0.15) is 0 Å². The van der Waals surface area contributed by atoms with E-state index in [1.54, 1.807) is 0 Å². The third kappa shape index (κ3) is 3.89. The summed E-state index contributed by atoms with van der Waals surface area (Å²) in [6, 6.07) is 51.0. The van der Waals surface area contributed by atoms with Crippen LogP contribution in [-0.2, 0) is 0 Å². The van der Waals surface area contributed by atoms with E-state index in [1.807, 2.05) is 47.7 Å². The van der Waals surface area contributed by atoms with Gasteiger partial charge in [-0.15, -0.1) is 11.3 Å². The van der Waals surface area contributed by atoms with Gasteiger partial charge in [0.25, 0.3) is 0 Å². The fraction of sp³-hybridized carbons (Fsp3) is 0. The Labute approximate surface area is 267 Å². The Morgan fingerprint density at radius 1 is 0.478 bits per heavy atom. The van der Waals surface area contributed by atoms with Crippen LogP contribution in [0.5, 0.6) is 0 Å². The minimum Gasteiger partial charge on any atom is -0.456 e. The number of anilines is 3. The van der Waals surface area contributed by atoms with Crippen LogP contribution in [0.4, 0.5) is 17.1 Å². The molecule has 4 nitrogen and oxygen atoms in total. The van der Waals surface area contributed by atoms with Crippen LogP contribution in [0.15, 0.2) is 154 Å². The highest BCUT2D eigenvalue weighted by atomic mass is 32.1. The van der Waals surface area contributed by atoms with E-state index in [4.69, 9.17) is 13.8 Å². The maximum atomic E-state index is 6.40. The molecule has 0 atom stereocenters. The lowest BCUT2D eigenvalue weighted by molar-refractivity contribution is 0.620. The summed E-state index contributed by atoms with van der Waals surface area (Å²) in [6.07, 6.45) is 0. The first-order chi connectivity index (χ1) is 22.8. The van der Waals surface area contributed by atoms with Gasteiger partial charge in [-0.05, 0) is 89.6 Å². The number of hydrogen-bond acceptors (Lipinski definition) is 5. The van der Waals surface area contributed by atoms with E-state index in [9.17, 15) is 0 Å². The lowest BCUT2D eigenvalue weighted by atomic mass is 10.0. The van der Waals surface area contributed by atoms with Crippen molar-refractivity contribution in [1.82, 2.24) is 4.98 Å². The summed E-state index contributed by atoms with van der Waals surface area (Å²) in [5, 5.41) is 6.95. The average molecular weight is 609 g/mol. The van der Waals surface area contributed by atoms with Crippen LogP contribution in [0.3, 0.4) is 0 Å². The third-order valence-electron chi connectivity index (χ3n) is 8.87. The van der Waals surface area contributed by atoms with Crippen molar-refractivity contribution in [2.24, 2.45) is 0 Å². The van der Waals surface area contributed by atoms with Crippen molar-refractivity contribution in [3.63, 3.8) is 0 Å². The smallest absolute Gasteiger partial charge is 0.228 e. The Kier molecular flexibility index (Phi) is 5.41. The normalized spacial score (nSPS) is 11.9. The molecule has 0 radical (unpaired) electrons. The summed E-state index contributed by atoms with van der Waals surface area (Å²) in [5.74, 6) is 0.584. The lowest BCUT2D eigenvalue weighted by Crippen LogP contribution is -2.09. The molecule has 10 aromatic rings. The van der Waals surface area contributed by atoms with Crippen LogP contribution >= 0.6 is 11.3 Å². The lowest BCUT2D eigenvalue weighted by Gasteiger charge is -2.26. The summed E-state index contributed by atoms with van der Waals surface area (Å²) in [6.45, 7) is 0. The summed E-state index contributed by atoms with van der Waals surface area (Å²) in [5.41, 5.74) is 7.35. The van der Waals surface area contributed by atoms with Crippen molar-refractivity contribution in [2.75, 3.05) is 4.90 Å². The summed E-state index contributed by atoms with van der Waals surface area (Å²) >= 11 is 1.84. The predicted octanol–water partition coefficient (Wildman–Crippen LogP) is 12.4. The van der Waals surface area contributed by atoms with E-state index in [0.29, 0.717) is 5.89 Å². The highest BCUT2D eigenvalue weighted by Crippen LogP contribution is 2.44. The van der Waals surface area contributed by atoms with Gasteiger partial charge < -0.3 is 13.7 Å². The molecule has 46 heavy (non-hydrogen) atoms. The molecule has 3 heterocycles. The van der Waals surface area contributed by atoms with Gasteiger partial charge in [0.1, 0.15) is 16.7 Å². The monoisotopic (exact) mass is 608 g/mol. The first-order valence-electron chi connectivity index (χ1n) is 15.3. The third-order valence-corrected chi connectivity index (χ3v) is 10.0. The van der Waals surface area contributed by atoms with Gasteiger partial charge in [-0.3, -0.25) is 0 Å². The zero-order chi connectivity index (χ0) is 30.2. The largest absolute Gasteiger partial charge is 0.456 e. The summed E-state index contributed by atoms with van der Waals surface area (Å²) in [4.78, 5) is 7.18. The first kappa shape index (κ1) is 25.4. The average Bonchev–Trinajstić information content (AvgIpc) is 3.81. The number of rotatable bonds is 4. The van der Waals surface area contributed by atoms with Crippen LogP contribution < -0.4 is 4.90 Å². The number of hydrogen-bond donors (Lipinski definition) is 0. The minimum atomic E-state index is 0.584. The molecule has 0 fully saturated rings. The van der Waals surface area contributed by atoms with Gasteiger partial charge in [0.05, 0.1) is 0 Å². The highest BCUT2D eigenvalue weighted by Gasteiger charge is 2.20. The highest BCUT2D eigenvalue weighted by molar-refractivity contribution is 7.25. The molecule has 0 saturated heterocycles. The predicted molar refractivity (Wildman–Crippen MR) is 192 cm³/mol. The van der Waals surface area contributed by atoms with Crippen molar-refractivity contribution in [3.05, 3.63) is 146 Å². The Morgan fingerprint density at radius 2 is 1.20 bits per heavy atom. The first-order valence-corrected chi connectivity index (χ1v) is 16.1. The van der Waals surface area contributed by atoms with Gasteiger partial charge in [-0.1, -0.05) is 66.7 Å². The molecule has 0 aliphatic rings. The fourth-order valence-electron chi connectivity index (χ4n) is 6.74. The van der Waals surface area contributed by atoms with Gasteiger partial charge >= 0.3 is 0 Å². The topological polar surface area (TPSA) is 42.4 Å². The van der Waals surface area contributed by atoms with E-state index >= 15 is 0 Å². The molecule has 7 aromatic carbocycles. The zero-order valence-corrected chi connectivity index (χ0v) is 25.3. The molecular formula is C41H24N2O2S. The summed E-state index contributed by atoms with van der Waals surface area (Å²) < 4.78 is 15.2. The molecule has 10 rings (SSSR count). The molecule has 3 aromatic heterocycles. The SMILES string of the molecule is c1ccc2cc(N(c3ccc4sc5ccccc5c4c3)c3ccc4oc5cccc(-c6nc7ccccc7o6)c5c4c3)ccc2c1. The van der Waals surface area contributed by atoms with E-state index < -0.39 is 0 Å². The molecule has 216 valence electrons. The number of aromatic nitrogens is 1. The van der Waals surface area contributed by atoms with Crippen molar-refractivity contribution < 1.29 is 8.83 Å². The number of oxazole rings is 1. The number of thiophene rings is 1. The zero-order valence-electron chi connectivity index (χ0n) is 24.5. The molecule has 5 heteroatoms. The van der Waals surface area contributed by atoms with Crippen LogP contribution in [0.1, 0.15) is 0 Å². The molecule has 0 aliphatic heterocycles. The Bertz CT molecular complexity index is 2750. The van der Waals surface area contributed by atoms with Crippen molar-refractivity contribution in [3.8, 4) is 11.5 Å². The second kappa shape index (κ2) is 9.80. The van der Waals surface area contributed by atoms with E-state index in [2.05, 4.69) is 114 Å². The van der Waals surface area contributed by atoms with Crippen molar-refractivity contribution in [1.29, 1.82) is 0 Å². The molecule has 0 aliphatic carbocycles. The van der Waals surface area contributed by atoms with E-state index in [-0.39, 0.29) is 0 Å². The fourth-order valence-corrected chi connectivity index (χ4v) is 7.82. The number of para-hydroxylation sites is 2. The number of benzene rings is 7. The summed E-state index contributed by atoms with van der Waals surface area (Å²) in [7, 11) is 0. The maximum Gasteiger partial charge on any atom is 0.228 e. The van der Waals surface area contributed by atoms with Crippen molar-refractivity contribution in [2.45, 2.75) is 0 Å². The van der Waals surface area contributed by atoms with Crippen LogP contribution in [0.2, 0.25) is 0 Å². The molecule has 0 bridgehead atoms. The van der Waals surface area contributed by atoms with Gasteiger partial charge in [0.2, 0.25) is 5.89 Å². The van der Waals surface area contributed by atoms with Crippen molar-refractivity contribution >= 4 is 92.4 Å². The second-order valence-electron chi connectivity index (χ2n) is 11.6. The van der Waals surface area contributed by atoms with E-state index in [1.165, 1.54) is 30.9 Å². The van der Waals surface area contributed by atoms with E-state index in [0.717, 1.165) is 55.7 Å². The molecule has 0 saturated carbocycles. The molecular weight excluding hydrogens is 585 g/mol. The van der Waals surface area contributed by atoms with Crippen LogP contribution in [0.25, 0.3) is 75.4 Å². The quantitative estimate of drug-likeness (QED) is 0.199. The van der Waals surface area contributed by atoms with Crippen LogP contribution in [-0.4, -0.2) is 4.98 Å². The standard InChI is InChI=1S/C41H24N2O2S/c1-2-9-26-22-27(17-16-25(26)8-1)43(29-19-21-39-32(23-29)30-10-3-6-15-38(30)46-39)28-18-20-35-33(24-28)40-31(11-7-14-37(40)44-35)41-42-34-12-4-5-13-36(34)45-41/h1-24H. The van der Waals surface area contributed by atoms with Gasteiger partial charge in [-0.25, -0.2) is 4.98 Å². The Balaban J connectivity index is 1.22. The Morgan fingerprint density at radius 3 is 2.13 bits per heavy atom. The molecule has 0 amide bonds.